The molecule has 0 unspecified atom stereocenters. The Morgan fingerprint density at radius 1 is 1.11 bits per heavy atom. The van der Waals surface area contributed by atoms with E-state index in [9.17, 15) is 9.59 Å². The average Bonchev–Trinajstić information content (AvgIpc) is 3.45. The van der Waals surface area contributed by atoms with Crippen molar-refractivity contribution in [2.24, 2.45) is 5.73 Å². The van der Waals surface area contributed by atoms with E-state index in [2.05, 4.69) is 40.1 Å². The number of piperazine rings is 1. The van der Waals surface area contributed by atoms with Gasteiger partial charge in [-0.1, -0.05) is 6.07 Å². The maximum Gasteiger partial charge on any atom is 0.223 e. The van der Waals surface area contributed by atoms with E-state index in [1.54, 1.807) is 23.3 Å². The third kappa shape index (κ3) is 4.59. The van der Waals surface area contributed by atoms with Gasteiger partial charge in [-0.25, -0.2) is 9.50 Å². The molecule has 1 aliphatic heterocycles. The van der Waals surface area contributed by atoms with Crippen molar-refractivity contribution in [2.45, 2.75) is 26.3 Å². The SMILES string of the molecule is COc1cc(C)cc2cc(-c3cc(CN4CCN(C(=O)CCC(N)=O)CC4)n4ncnc(N)c34)sc12. The summed E-state index contributed by atoms with van der Waals surface area (Å²) in [5.74, 6) is 0.806. The zero-order valence-electron chi connectivity index (χ0n) is 20.4. The minimum atomic E-state index is -0.452. The van der Waals surface area contributed by atoms with Crippen LogP contribution in [0.3, 0.4) is 0 Å². The quantitative estimate of drug-likeness (QED) is 0.393. The lowest BCUT2D eigenvalue weighted by molar-refractivity contribution is -0.134. The molecule has 1 aliphatic rings. The Balaban J connectivity index is 1.41. The lowest BCUT2D eigenvalue weighted by atomic mass is 10.1. The van der Waals surface area contributed by atoms with Crippen LogP contribution in [-0.2, 0) is 16.1 Å². The van der Waals surface area contributed by atoms with E-state index in [1.807, 2.05) is 10.6 Å². The van der Waals surface area contributed by atoms with Gasteiger partial charge in [0.05, 0.1) is 17.5 Å². The van der Waals surface area contributed by atoms with Crippen molar-refractivity contribution in [3.63, 3.8) is 0 Å². The number of primary amides is 1. The third-order valence-corrected chi connectivity index (χ3v) is 7.76. The number of carbonyl (C=O) groups excluding carboxylic acids is 2. The van der Waals surface area contributed by atoms with Gasteiger partial charge in [0, 0.05) is 56.0 Å². The van der Waals surface area contributed by atoms with Gasteiger partial charge in [-0.05, 0) is 36.1 Å². The molecule has 0 radical (unpaired) electrons. The number of carbonyl (C=O) groups is 2. The summed E-state index contributed by atoms with van der Waals surface area (Å²) < 4.78 is 8.58. The van der Waals surface area contributed by atoms with Crippen LogP contribution in [0.2, 0.25) is 0 Å². The third-order valence-electron chi connectivity index (χ3n) is 6.56. The first-order valence-electron chi connectivity index (χ1n) is 11.8. The second-order valence-electron chi connectivity index (χ2n) is 9.07. The number of aromatic nitrogens is 3. The highest BCUT2D eigenvalue weighted by Gasteiger charge is 2.24. The number of hydrogen-bond donors (Lipinski definition) is 2. The Morgan fingerprint density at radius 3 is 2.61 bits per heavy atom. The number of nitrogen functional groups attached to an aromatic ring is 1. The van der Waals surface area contributed by atoms with E-state index in [0.29, 0.717) is 25.5 Å². The van der Waals surface area contributed by atoms with Crippen molar-refractivity contribution in [3.8, 4) is 16.2 Å². The Kier molecular flexibility index (Phi) is 6.50. The number of fused-ring (bicyclic) bond motifs is 2. The van der Waals surface area contributed by atoms with Crippen LogP contribution in [0.5, 0.6) is 5.75 Å². The number of nitrogens with zero attached hydrogens (tertiary/aromatic N) is 5. The van der Waals surface area contributed by atoms with E-state index in [1.165, 1.54) is 6.33 Å². The number of benzene rings is 1. The topological polar surface area (TPSA) is 132 Å². The highest BCUT2D eigenvalue weighted by atomic mass is 32.1. The fraction of sp³-hybridized carbons (Fsp3) is 0.360. The molecule has 2 amide bonds. The maximum absolute atomic E-state index is 12.3. The molecule has 4 aromatic rings. The highest BCUT2D eigenvalue weighted by Crippen LogP contribution is 2.42. The summed E-state index contributed by atoms with van der Waals surface area (Å²) >= 11 is 1.66. The zero-order valence-corrected chi connectivity index (χ0v) is 21.2. The normalized spacial score (nSPS) is 14.6. The molecule has 4 N–H and O–H groups in total. The molecule has 11 heteroatoms. The van der Waals surface area contributed by atoms with Crippen LogP contribution in [0, 0.1) is 6.92 Å². The predicted molar refractivity (Wildman–Crippen MR) is 140 cm³/mol. The first-order valence-corrected chi connectivity index (χ1v) is 12.6. The van der Waals surface area contributed by atoms with Gasteiger partial charge in [-0.3, -0.25) is 14.5 Å². The standard InChI is InChI=1S/C25H29N7O3S/c1-15-9-16-11-20(36-24(16)19(10-15)35-2)18-12-17(32-23(18)25(27)28-14-29-32)13-30-5-7-31(8-6-30)22(34)4-3-21(26)33/h9-12,14H,3-8,13H2,1-2H3,(H2,26,33)(H2,27,28,29). The van der Waals surface area contributed by atoms with Crippen LogP contribution in [0.15, 0.2) is 30.6 Å². The molecule has 1 saturated heterocycles. The number of anilines is 1. The molecule has 1 aromatic carbocycles. The zero-order chi connectivity index (χ0) is 25.4. The first kappa shape index (κ1) is 24.0. The van der Waals surface area contributed by atoms with Gasteiger partial charge in [0.15, 0.2) is 5.82 Å². The summed E-state index contributed by atoms with van der Waals surface area (Å²) in [5.41, 5.74) is 15.4. The van der Waals surface area contributed by atoms with E-state index in [4.69, 9.17) is 16.2 Å². The lowest BCUT2D eigenvalue weighted by Crippen LogP contribution is -2.48. The van der Waals surface area contributed by atoms with Crippen LogP contribution in [0.25, 0.3) is 26.0 Å². The Bertz CT molecular complexity index is 1450. The van der Waals surface area contributed by atoms with Crippen molar-refractivity contribution in [3.05, 3.63) is 41.9 Å². The molecule has 0 spiro atoms. The number of ether oxygens (including phenoxy) is 1. The van der Waals surface area contributed by atoms with Gasteiger partial charge in [0.25, 0.3) is 0 Å². The van der Waals surface area contributed by atoms with E-state index in [-0.39, 0.29) is 18.7 Å². The van der Waals surface area contributed by atoms with Crippen molar-refractivity contribution in [1.82, 2.24) is 24.4 Å². The molecule has 0 aliphatic carbocycles. The minimum absolute atomic E-state index is 0.0280. The van der Waals surface area contributed by atoms with Gasteiger partial charge in [0.2, 0.25) is 11.8 Å². The van der Waals surface area contributed by atoms with Crippen molar-refractivity contribution >= 4 is 44.6 Å². The molecule has 0 bridgehead atoms. The first-order chi connectivity index (χ1) is 17.3. The van der Waals surface area contributed by atoms with Gasteiger partial charge in [-0.15, -0.1) is 11.3 Å². The summed E-state index contributed by atoms with van der Waals surface area (Å²) in [5, 5.41) is 5.64. The Morgan fingerprint density at radius 2 is 1.89 bits per heavy atom. The molecule has 0 atom stereocenters. The highest BCUT2D eigenvalue weighted by molar-refractivity contribution is 7.22. The van der Waals surface area contributed by atoms with E-state index >= 15 is 0 Å². The summed E-state index contributed by atoms with van der Waals surface area (Å²) in [6.45, 7) is 5.40. The maximum atomic E-state index is 12.3. The number of aryl methyl sites for hydroxylation is 1. The Labute approximate surface area is 212 Å². The van der Waals surface area contributed by atoms with E-state index < -0.39 is 5.91 Å². The largest absolute Gasteiger partial charge is 0.495 e. The van der Waals surface area contributed by atoms with Crippen LogP contribution in [0.4, 0.5) is 5.82 Å². The van der Waals surface area contributed by atoms with Crippen molar-refractivity contribution in [2.75, 3.05) is 39.0 Å². The number of amides is 2. The van der Waals surface area contributed by atoms with E-state index in [0.717, 1.165) is 56.1 Å². The number of thiophene rings is 1. The second-order valence-corrected chi connectivity index (χ2v) is 10.1. The summed E-state index contributed by atoms with van der Waals surface area (Å²) in [6.07, 6.45) is 1.72. The minimum Gasteiger partial charge on any atom is -0.495 e. The van der Waals surface area contributed by atoms with Crippen LogP contribution in [0.1, 0.15) is 24.1 Å². The number of rotatable bonds is 7. The fourth-order valence-electron chi connectivity index (χ4n) is 4.75. The number of hydrogen-bond acceptors (Lipinski definition) is 8. The summed E-state index contributed by atoms with van der Waals surface area (Å²) in [6, 6.07) is 8.50. The molecular formula is C25H29N7O3S. The van der Waals surface area contributed by atoms with Gasteiger partial charge in [-0.2, -0.15) is 5.10 Å². The molecular weight excluding hydrogens is 478 g/mol. The molecule has 10 nitrogen and oxygen atoms in total. The van der Waals surface area contributed by atoms with Crippen molar-refractivity contribution in [1.29, 1.82) is 0 Å². The Hall–Kier alpha value is -3.70. The fourth-order valence-corrected chi connectivity index (χ4v) is 5.90. The second kappa shape index (κ2) is 9.75. The molecule has 1 fully saturated rings. The summed E-state index contributed by atoms with van der Waals surface area (Å²) in [7, 11) is 1.69. The van der Waals surface area contributed by atoms with Gasteiger partial charge < -0.3 is 21.1 Å². The number of nitrogens with two attached hydrogens (primary N) is 2. The van der Waals surface area contributed by atoms with Crippen LogP contribution < -0.4 is 16.2 Å². The summed E-state index contributed by atoms with van der Waals surface area (Å²) in [4.78, 5) is 32.7. The molecule has 36 heavy (non-hydrogen) atoms. The smallest absolute Gasteiger partial charge is 0.223 e. The molecule has 4 heterocycles. The van der Waals surface area contributed by atoms with Crippen LogP contribution in [-0.4, -0.2) is 69.5 Å². The molecule has 3 aromatic heterocycles. The number of methoxy groups -OCH3 is 1. The molecule has 188 valence electrons. The van der Waals surface area contributed by atoms with Crippen LogP contribution >= 0.6 is 11.3 Å². The lowest BCUT2D eigenvalue weighted by Gasteiger charge is -2.34. The molecule has 5 rings (SSSR count). The van der Waals surface area contributed by atoms with Crippen molar-refractivity contribution < 1.29 is 14.3 Å². The predicted octanol–water partition coefficient (Wildman–Crippen LogP) is 2.42. The van der Waals surface area contributed by atoms with Gasteiger partial charge in [0.1, 0.15) is 17.6 Å². The molecule has 0 saturated carbocycles. The monoisotopic (exact) mass is 507 g/mol. The average molecular weight is 508 g/mol. The van der Waals surface area contributed by atoms with Gasteiger partial charge >= 0.3 is 0 Å².